The number of carbonyl (C=O) groups is 5. The zero-order valence-electron chi connectivity index (χ0n) is 21.9. The van der Waals surface area contributed by atoms with Crippen LogP contribution in [0.2, 0.25) is 0 Å². The Morgan fingerprint density at radius 1 is 1.05 bits per heavy atom. The highest BCUT2D eigenvalue weighted by molar-refractivity contribution is 5.92. The summed E-state index contributed by atoms with van der Waals surface area (Å²) in [6.07, 6.45) is 4.56. The summed E-state index contributed by atoms with van der Waals surface area (Å²) in [5.41, 5.74) is -1.82. The molecule has 4 aliphatic carbocycles. The molecule has 0 aromatic carbocycles. The van der Waals surface area contributed by atoms with Crippen molar-refractivity contribution in [2.45, 2.75) is 96.7 Å². The number of aliphatic hydroxyl groups is 1. The molecule has 7 atom stereocenters. The number of hydrogen-bond acceptors (Lipinski definition) is 8. The fourth-order valence-corrected chi connectivity index (χ4v) is 8.02. The van der Waals surface area contributed by atoms with Gasteiger partial charge in [-0.3, -0.25) is 24.0 Å². The Kier molecular flexibility index (Phi) is 7.40. The van der Waals surface area contributed by atoms with Gasteiger partial charge in [0.05, 0.1) is 12.8 Å². The van der Waals surface area contributed by atoms with Crippen molar-refractivity contribution >= 4 is 29.5 Å². The topological polar surface area (TPSA) is 144 Å². The van der Waals surface area contributed by atoms with Crippen molar-refractivity contribution in [3.63, 3.8) is 0 Å². The van der Waals surface area contributed by atoms with Crippen LogP contribution in [0.25, 0.3) is 0 Å². The van der Waals surface area contributed by atoms with E-state index in [0.717, 1.165) is 18.4 Å². The molecule has 0 radical (unpaired) electrons. The van der Waals surface area contributed by atoms with Gasteiger partial charge in [0, 0.05) is 24.2 Å². The second-order valence-electron chi connectivity index (χ2n) is 11.8. The molecule has 204 valence electrons. The maximum absolute atomic E-state index is 13.3. The Hall–Kier alpha value is -2.55. The smallest absolute Gasteiger partial charge is 0.306 e. The van der Waals surface area contributed by atoms with E-state index < -0.39 is 47.9 Å². The lowest BCUT2D eigenvalue weighted by Gasteiger charge is -2.60. The molecule has 2 N–H and O–H groups in total. The van der Waals surface area contributed by atoms with E-state index in [1.807, 2.05) is 6.92 Å². The van der Waals surface area contributed by atoms with E-state index in [4.69, 9.17) is 14.6 Å². The Balaban J connectivity index is 1.62. The van der Waals surface area contributed by atoms with Gasteiger partial charge in [0.15, 0.2) is 12.4 Å². The predicted octanol–water partition coefficient (Wildman–Crippen LogP) is 3.16. The second-order valence-corrected chi connectivity index (χ2v) is 11.8. The van der Waals surface area contributed by atoms with Crippen LogP contribution >= 0.6 is 0 Å². The number of carbonyl (C=O) groups excluding carboxylic acids is 4. The SMILES string of the molecule is CCC(=O)O[C@@H]1C[C@@]2(C)[C@@H](CC[C@]2(O)C(=O)COC(=O)CCC(=O)O)[C@@H]2CCC3=CC(=O)CC[C@]3(C)[C@H]21. The number of ether oxygens (including phenoxy) is 2. The van der Waals surface area contributed by atoms with Crippen molar-refractivity contribution in [2.24, 2.45) is 28.6 Å². The molecule has 9 heteroatoms. The van der Waals surface area contributed by atoms with Crippen molar-refractivity contribution in [2.75, 3.05) is 6.61 Å². The molecule has 0 amide bonds. The van der Waals surface area contributed by atoms with Gasteiger partial charge in [-0.2, -0.15) is 0 Å². The lowest BCUT2D eigenvalue weighted by atomic mass is 9.45. The number of ketones is 2. The molecule has 0 heterocycles. The standard InChI is InChI=1S/C28H38O9/c1-4-23(33)37-20-14-27(3)19(18-6-5-16-13-17(29)9-11-26(16,2)25(18)20)10-12-28(27,35)21(30)15-36-24(34)8-7-22(31)32/h13,18-20,25,35H,4-12,14-15H2,1-3H3,(H,31,32)/t18-,19-,20+,25+,26-,27-,28-/m0/s1. The molecule has 0 unspecified atom stereocenters. The van der Waals surface area contributed by atoms with Gasteiger partial charge in [-0.05, 0) is 61.9 Å². The zero-order valence-corrected chi connectivity index (χ0v) is 21.9. The molecule has 3 fully saturated rings. The van der Waals surface area contributed by atoms with Crippen molar-refractivity contribution in [3.8, 4) is 0 Å². The van der Waals surface area contributed by atoms with E-state index in [1.54, 1.807) is 13.0 Å². The summed E-state index contributed by atoms with van der Waals surface area (Å²) in [5, 5.41) is 20.6. The summed E-state index contributed by atoms with van der Waals surface area (Å²) in [4.78, 5) is 60.7. The van der Waals surface area contributed by atoms with Gasteiger partial charge >= 0.3 is 17.9 Å². The first kappa shape index (κ1) is 27.5. The quantitative estimate of drug-likeness (QED) is 0.463. The summed E-state index contributed by atoms with van der Waals surface area (Å²) in [6.45, 7) is 5.16. The minimum atomic E-state index is -1.76. The highest BCUT2D eigenvalue weighted by Crippen LogP contribution is 2.68. The first-order chi connectivity index (χ1) is 17.4. The number of hydrogen-bond donors (Lipinski definition) is 2. The molecule has 4 aliphatic rings. The van der Waals surface area contributed by atoms with Gasteiger partial charge in [-0.1, -0.05) is 26.3 Å². The molecular weight excluding hydrogens is 480 g/mol. The monoisotopic (exact) mass is 518 g/mol. The number of fused-ring (bicyclic) bond motifs is 5. The summed E-state index contributed by atoms with van der Waals surface area (Å²) < 4.78 is 11.1. The maximum Gasteiger partial charge on any atom is 0.306 e. The van der Waals surface area contributed by atoms with E-state index in [1.165, 1.54) is 0 Å². The lowest BCUT2D eigenvalue weighted by molar-refractivity contribution is -0.197. The van der Waals surface area contributed by atoms with Crippen LogP contribution in [0.1, 0.15) is 85.0 Å². The van der Waals surface area contributed by atoms with E-state index in [0.29, 0.717) is 25.7 Å². The summed E-state index contributed by atoms with van der Waals surface area (Å²) >= 11 is 0. The molecule has 4 rings (SSSR count). The van der Waals surface area contributed by atoms with Gasteiger partial charge in [-0.15, -0.1) is 0 Å². The highest BCUT2D eigenvalue weighted by Gasteiger charge is 2.69. The molecule has 0 spiro atoms. The van der Waals surface area contributed by atoms with Crippen LogP contribution in [-0.4, -0.2) is 58.0 Å². The van der Waals surface area contributed by atoms with Gasteiger partial charge in [0.2, 0.25) is 5.78 Å². The largest absolute Gasteiger partial charge is 0.481 e. The Morgan fingerprint density at radius 2 is 1.78 bits per heavy atom. The average Bonchev–Trinajstić information content (AvgIpc) is 3.12. The highest BCUT2D eigenvalue weighted by atomic mass is 16.5. The average molecular weight is 519 g/mol. The molecule has 3 saturated carbocycles. The molecule has 9 nitrogen and oxygen atoms in total. The first-order valence-electron chi connectivity index (χ1n) is 13.4. The zero-order chi connectivity index (χ0) is 27.2. The molecule has 0 bridgehead atoms. The molecule has 37 heavy (non-hydrogen) atoms. The van der Waals surface area contributed by atoms with Gasteiger partial charge in [0.1, 0.15) is 11.7 Å². The van der Waals surface area contributed by atoms with E-state index in [2.05, 4.69) is 6.92 Å². The molecule has 0 saturated heterocycles. The second kappa shape index (κ2) is 9.97. The van der Waals surface area contributed by atoms with Crippen LogP contribution in [0, 0.1) is 28.6 Å². The van der Waals surface area contributed by atoms with E-state index in [9.17, 15) is 29.1 Å². The number of carboxylic acid groups (broad SMARTS) is 1. The normalized spacial score (nSPS) is 38.5. The van der Waals surface area contributed by atoms with Crippen molar-refractivity contribution in [3.05, 3.63) is 11.6 Å². The Morgan fingerprint density at radius 3 is 2.46 bits per heavy atom. The van der Waals surface area contributed by atoms with Crippen LogP contribution < -0.4 is 0 Å². The Labute approximate surface area is 217 Å². The van der Waals surface area contributed by atoms with Crippen LogP contribution in [0.4, 0.5) is 0 Å². The molecule has 0 aliphatic heterocycles. The van der Waals surface area contributed by atoms with Crippen molar-refractivity contribution in [1.29, 1.82) is 0 Å². The third-order valence-corrected chi connectivity index (χ3v) is 9.97. The molecule has 0 aromatic heterocycles. The van der Waals surface area contributed by atoms with E-state index >= 15 is 0 Å². The summed E-state index contributed by atoms with van der Waals surface area (Å²) in [5.74, 6) is -2.66. The predicted molar refractivity (Wildman–Crippen MR) is 130 cm³/mol. The summed E-state index contributed by atoms with van der Waals surface area (Å²) in [6, 6.07) is 0. The van der Waals surface area contributed by atoms with Crippen molar-refractivity contribution < 1.29 is 43.7 Å². The third-order valence-electron chi connectivity index (χ3n) is 9.97. The number of carboxylic acids is 1. The minimum absolute atomic E-state index is 0.00161. The van der Waals surface area contributed by atoms with Crippen molar-refractivity contribution in [1.82, 2.24) is 0 Å². The van der Waals surface area contributed by atoms with E-state index in [-0.39, 0.29) is 54.2 Å². The number of esters is 2. The number of allylic oxidation sites excluding steroid dienone is 1. The molecule has 0 aromatic rings. The Bertz CT molecular complexity index is 1030. The minimum Gasteiger partial charge on any atom is -0.481 e. The van der Waals surface area contributed by atoms with Crippen LogP contribution in [0.15, 0.2) is 11.6 Å². The lowest BCUT2D eigenvalue weighted by Crippen LogP contribution is -2.62. The van der Waals surface area contributed by atoms with Gasteiger partial charge in [-0.25, -0.2) is 0 Å². The molecular formula is C28H38O9. The summed E-state index contributed by atoms with van der Waals surface area (Å²) in [7, 11) is 0. The fraction of sp³-hybridized carbons (Fsp3) is 0.750. The van der Waals surface area contributed by atoms with Crippen LogP contribution in [-0.2, 0) is 33.4 Å². The number of rotatable bonds is 8. The number of Topliss-reactive ketones (excluding diaryl/α,β-unsaturated/α-hetero) is 1. The first-order valence-corrected chi connectivity index (χ1v) is 13.4. The van der Waals surface area contributed by atoms with Gasteiger partial charge < -0.3 is 19.7 Å². The van der Waals surface area contributed by atoms with Crippen LogP contribution in [0.3, 0.4) is 0 Å². The third kappa shape index (κ3) is 4.64. The fourth-order valence-electron chi connectivity index (χ4n) is 8.02. The number of aliphatic carboxylic acids is 1. The van der Waals surface area contributed by atoms with Gasteiger partial charge in [0.25, 0.3) is 0 Å². The van der Waals surface area contributed by atoms with Crippen LogP contribution in [0.5, 0.6) is 0 Å². The maximum atomic E-state index is 13.3.